The third kappa shape index (κ3) is 7.22. The van der Waals surface area contributed by atoms with Gasteiger partial charge in [-0.1, -0.05) is 0 Å². The Labute approximate surface area is 229 Å². The molecule has 1 aromatic carbocycles. The minimum absolute atomic E-state index is 0.311. The van der Waals surface area contributed by atoms with Gasteiger partial charge in [0.2, 0.25) is 0 Å². The molecule has 3 heterocycles. The SMILES string of the molecule is Cc1ccc(NC(=O)Nc2cncc(-c3ccc(OC[C@]4(C)CCCN4C(=O)OC(C)(C)C)c(C)c3)n2)cn1. The zero-order valence-corrected chi connectivity index (χ0v) is 23.4. The number of anilines is 2. The van der Waals surface area contributed by atoms with E-state index in [1.165, 1.54) is 6.20 Å². The lowest BCUT2D eigenvalue weighted by Crippen LogP contribution is -2.50. The Bertz CT molecular complexity index is 1340. The molecule has 1 fully saturated rings. The molecule has 0 spiro atoms. The van der Waals surface area contributed by atoms with Gasteiger partial charge in [-0.15, -0.1) is 0 Å². The monoisotopic (exact) mass is 532 g/mol. The number of amides is 3. The first-order valence-corrected chi connectivity index (χ1v) is 13.0. The van der Waals surface area contributed by atoms with Crippen molar-refractivity contribution in [3.8, 4) is 17.0 Å². The molecule has 0 unspecified atom stereocenters. The van der Waals surface area contributed by atoms with Crippen LogP contribution in [0.4, 0.5) is 21.1 Å². The number of nitrogens with one attached hydrogen (secondary N) is 2. The van der Waals surface area contributed by atoms with Crippen molar-refractivity contribution in [2.75, 3.05) is 23.8 Å². The highest BCUT2D eigenvalue weighted by Gasteiger charge is 2.42. The number of benzene rings is 1. The molecule has 3 aromatic rings. The molecule has 0 aliphatic carbocycles. The molecule has 2 aromatic heterocycles. The summed E-state index contributed by atoms with van der Waals surface area (Å²) in [6.45, 7) is 12.5. The van der Waals surface area contributed by atoms with Crippen LogP contribution in [0.25, 0.3) is 11.3 Å². The largest absolute Gasteiger partial charge is 0.491 e. The lowest BCUT2D eigenvalue weighted by molar-refractivity contribution is 0.00236. The maximum atomic E-state index is 12.8. The van der Waals surface area contributed by atoms with Crippen LogP contribution in [-0.2, 0) is 4.74 Å². The number of likely N-dealkylation sites (tertiary alicyclic amines) is 1. The summed E-state index contributed by atoms with van der Waals surface area (Å²) in [6, 6.07) is 8.91. The molecule has 0 saturated carbocycles. The molecular formula is C29H36N6O4. The minimum Gasteiger partial charge on any atom is -0.491 e. The summed E-state index contributed by atoms with van der Waals surface area (Å²) in [4.78, 5) is 39.9. The van der Waals surface area contributed by atoms with Crippen LogP contribution in [0.1, 0.15) is 51.8 Å². The van der Waals surface area contributed by atoms with Gasteiger partial charge in [-0.05, 0) is 90.3 Å². The molecule has 2 N–H and O–H groups in total. The normalized spacial score (nSPS) is 17.0. The highest BCUT2D eigenvalue weighted by molar-refractivity contribution is 5.99. The van der Waals surface area contributed by atoms with E-state index in [1.54, 1.807) is 23.4 Å². The van der Waals surface area contributed by atoms with E-state index in [-0.39, 0.29) is 6.09 Å². The van der Waals surface area contributed by atoms with Crippen molar-refractivity contribution in [1.29, 1.82) is 0 Å². The first kappa shape index (κ1) is 27.8. The predicted molar refractivity (Wildman–Crippen MR) is 150 cm³/mol. The van der Waals surface area contributed by atoms with Crippen LogP contribution in [0.5, 0.6) is 5.75 Å². The fourth-order valence-electron chi connectivity index (χ4n) is 4.39. The fraction of sp³-hybridized carbons (Fsp3) is 0.414. The van der Waals surface area contributed by atoms with Crippen LogP contribution >= 0.6 is 0 Å². The minimum atomic E-state index is -0.550. The Morgan fingerprint density at radius 3 is 2.56 bits per heavy atom. The average molecular weight is 533 g/mol. The van der Waals surface area contributed by atoms with E-state index in [1.807, 2.05) is 65.8 Å². The van der Waals surface area contributed by atoms with Gasteiger partial charge in [0.1, 0.15) is 18.0 Å². The molecule has 1 atom stereocenters. The van der Waals surface area contributed by atoms with E-state index in [0.29, 0.717) is 30.4 Å². The summed E-state index contributed by atoms with van der Waals surface area (Å²) in [5.74, 6) is 1.05. The molecule has 1 aliphatic rings. The molecule has 39 heavy (non-hydrogen) atoms. The van der Waals surface area contributed by atoms with E-state index in [9.17, 15) is 9.59 Å². The summed E-state index contributed by atoms with van der Waals surface area (Å²) >= 11 is 0. The fourth-order valence-corrected chi connectivity index (χ4v) is 4.39. The predicted octanol–water partition coefficient (Wildman–Crippen LogP) is 5.97. The molecule has 1 aliphatic heterocycles. The molecule has 0 radical (unpaired) electrons. The van der Waals surface area contributed by atoms with Gasteiger partial charge < -0.3 is 14.8 Å². The Hall–Kier alpha value is -4.21. The maximum Gasteiger partial charge on any atom is 0.410 e. The molecular weight excluding hydrogens is 496 g/mol. The number of rotatable bonds is 6. The topological polar surface area (TPSA) is 119 Å². The highest BCUT2D eigenvalue weighted by atomic mass is 16.6. The molecule has 10 nitrogen and oxygen atoms in total. The lowest BCUT2D eigenvalue weighted by atomic mass is 10.0. The Morgan fingerprint density at radius 1 is 1.08 bits per heavy atom. The lowest BCUT2D eigenvalue weighted by Gasteiger charge is -2.36. The number of nitrogens with zero attached hydrogens (tertiary/aromatic N) is 4. The van der Waals surface area contributed by atoms with E-state index in [0.717, 1.165) is 35.4 Å². The quantitative estimate of drug-likeness (QED) is 0.402. The van der Waals surface area contributed by atoms with Crippen LogP contribution < -0.4 is 15.4 Å². The molecule has 0 bridgehead atoms. The van der Waals surface area contributed by atoms with Gasteiger partial charge in [0.05, 0.1) is 35.5 Å². The second kappa shape index (κ2) is 11.3. The zero-order chi connectivity index (χ0) is 28.2. The third-order valence-corrected chi connectivity index (χ3v) is 6.42. The van der Waals surface area contributed by atoms with Crippen molar-refractivity contribution in [3.63, 3.8) is 0 Å². The molecule has 10 heteroatoms. The van der Waals surface area contributed by atoms with E-state index < -0.39 is 17.2 Å². The molecule has 1 saturated heterocycles. The maximum absolute atomic E-state index is 12.8. The van der Waals surface area contributed by atoms with Crippen molar-refractivity contribution >= 4 is 23.6 Å². The first-order valence-electron chi connectivity index (χ1n) is 13.0. The van der Waals surface area contributed by atoms with Crippen LogP contribution in [0.3, 0.4) is 0 Å². The Balaban J connectivity index is 1.40. The van der Waals surface area contributed by atoms with Crippen molar-refractivity contribution in [1.82, 2.24) is 19.9 Å². The summed E-state index contributed by atoms with van der Waals surface area (Å²) in [5, 5.41) is 5.43. The Kier molecular flexibility index (Phi) is 8.03. The van der Waals surface area contributed by atoms with Gasteiger partial charge in [0, 0.05) is 17.8 Å². The first-order chi connectivity index (χ1) is 18.4. The third-order valence-electron chi connectivity index (χ3n) is 6.42. The summed E-state index contributed by atoms with van der Waals surface area (Å²) in [6.07, 6.45) is 6.15. The highest BCUT2D eigenvalue weighted by Crippen LogP contribution is 2.33. The van der Waals surface area contributed by atoms with Gasteiger partial charge in [-0.2, -0.15) is 0 Å². The number of hydrogen-bond acceptors (Lipinski definition) is 7. The van der Waals surface area contributed by atoms with Crippen molar-refractivity contribution < 1.29 is 19.1 Å². The van der Waals surface area contributed by atoms with Crippen molar-refractivity contribution in [2.45, 2.75) is 65.5 Å². The molecule has 3 amide bonds. The van der Waals surface area contributed by atoms with Crippen molar-refractivity contribution in [2.24, 2.45) is 0 Å². The second-order valence-corrected chi connectivity index (χ2v) is 11.1. The molecule has 4 rings (SSSR count). The van der Waals surface area contributed by atoms with E-state index in [2.05, 4.69) is 25.6 Å². The van der Waals surface area contributed by atoms with Crippen LogP contribution in [0, 0.1) is 13.8 Å². The standard InChI is InChI=1S/C29H36N6O4/c1-19-14-21(23-16-30-17-25(33-23)34-26(36)32-22-10-8-20(2)31-15-22)9-11-24(19)38-18-29(6)12-7-13-35(29)27(37)39-28(3,4)5/h8-11,14-17H,7,12-13,18H2,1-6H3,(H2,32,33,34,36)/t29-/m0/s1. The summed E-state index contributed by atoms with van der Waals surface area (Å²) < 4.78 is 11.8. The number of pyridine rings is 1. The number of ether oxygens (including phenoxy) is 2. The summed E-state index contributed by atoms with van der Waals surface area (Å²) in [7, 11) is 0. The molecule has 206 valence electrons. The smallest absolute Gasteiger partial charge is 0.410 e. The number of aryl methyl sites for hydroxylation is 2. The number of aromatic nitrogens is 3. The number of carbonyl (C=O) groups excluding carboxylic acids is 2. The van der Waals surface area contributed by atoms with Gasteiger partial charge >= 0.3 is 12.1 Å². The van der Waals surface area contributed by atoms with Crippen LogP contribution in [0.15, 0.2) is 48.9 Å². The van der Waals surface area contributed by atoms with E-state index in [4.69, 9.17) is 9.47 Å². The van der Waals surface area contributed by atoms with Gasteiger partial charge in [0.25, 0.3) is 0 Å². The average Bonchev–Trinajstić information content (AvgIpc) is 3.25. The van der Waals surface area contributed by atoms with Gasteiger partial charge in [-0.25, -0.2) is 14.6 Å². The van der Waals surface area contributed by atoms with Gasteiger partial charge in [-0.3, -0.25) is 20.2 Å². The number of urea groups is 1. The van der Waals surface area contributed by atoms with Crippen LogP contribution in [-0.4, -0.2) is 56.3 Å². The van der Waals surface area contributed by atoms with Crippen molar-refractivity contribution in [3.05, 3.63) is 60.2 Å². The number of hydrogen-bond donors (Lipinski definition) is 2. The Morgan fingerprint density at radius 2 is 1.87 bits per heavy atom. The van der Waals surface area contributed by atoms with E-state index >= 15 is 0 Å². The van der Waals surface area contributed by atoms with Gasteiger partial charge in [0.15, 0.2) is 5.82 Å². The zero-order valence-electron chi connectivity index (χ0n) is 23.4. The second-order valence-electron chi connectivity index (χ2n) is 11.1. The number of carbonyl (C=O) groups is 2. The van der Waals surface area contributed by atoms with Crippen LogP contribution in [0.2, 0.25) is 0 Å². The summed E-state index contributed by atoms with van der Waals surface area (Å²) in [5.41, 5.74) is 2.80.